The van der Waals surface area contributed by atoms with Gasteiger partial charge in [0.1, 0.15) is 0 Å². The minimum absolute atomic E-state index is 1.13. The van der Waals surface area contributed by atoms with E-state index in [4.69, 9.17) is 0 Å². The first kappa shape index (κ1) is 12.2. The van der Waals surface area contributed by atoms with Crippen molar-refractivity contribution >= 4 is 15.9 Å². The maximum absolute atomic E-state index is 3.52. The second kappa shape index (κ2) is 9.31. The van der Waals surface area contributed by atoms with Crippen LogP contribution >= 0.6 is 15.9 Å². The molecular weight excluding hydrogens is 212 g/mol. The number of halogens is 1. The normalized spacial score (nSPS) is 12.1. The summed E-state index contributed by atoms with van der Waals surface area (Å²) in [5.41, 5.74) is 0. The molecule has 0 radical (unpaired) electrons. The van der Waals surface area contributed by atoms with Gasteiger partial charge in [0.2, 0.25) is 0 Å². The fraction of sp³-hybridized carbons (Fsp3) is 0.818. The molecule has 0 aliphatic rings. The van der Waals surface area contributed by atoms with Gasteiger partial charge in [0, 0.05) is 0 Å². The molecule has 1 heteroatoms. The third kappa shape index (κ3) is 8.32. The Kier molecular flexibility index (Phi) is 9.48. The SMILES string of the molecule is CCCCCCC/C=C(\Br)CC. The van der Waals surface area contributed by atoms with E-state index in [1.165, 1.54) is 43.0 Å². The Labute approximate surface area is 85.6 Å². The summed E-state index contributed by atoms with van der Waals surface area (Å²) in [5, 5.41) is 0. The monoisotopic (exact) mass is 232 g/mol. The molecule has 12 heavy (non-hydrogen) atoms. The van der Waals surface area contributed by atoms with Crippen molar-refractivity contribution < 1.29 is 0 Å². The molecule has 0 heterocycles. The summed E-state index contributed by atoms with van der Waals surface area (Å²) in [7, 11) is 0. The zero-order valence-corrected chi connectivity index (χ0v) is 9.99. The van der Waals surface area contributed by atoms with E-state index in [1.807, 2.05) is 0 Å². The zero-order chi connectivity index (χ0) is 9.23. The van der Waals surface area contributed by atoms with Crippen LogP contribution in [0.5, 0.6) is 0 Å². The zero-order valence-electron chi connectivity index (χ0n) is 8.41. The average Bonchev–Trinajstić information content (AvgIpc) is 2.10. The lowest BCUT2D eigenvalue weighted by Crippen LogP contribution is -1.76. The molecule has 0 spiro atoms. The summed E-state index contributed by atoms with van der Waals surface area (Å²) in [6, 6.07) is 0. The van der Waals surface area contributed by atoms with E-state index < -0.39 is 0 Å². The van der Waals surface area contributed by atoms with Crippen molar-refractivity contribution in [3.63, 3.8) is 0 Å². The Morgan fingerprint density at radius 2 is 1.75 bits per heavy atom. The van der Waals surface area contributed by atoms with E-state index in [0.29, 0.717) is 0 Å². The van der Waals surface area contributed by atoms with Crippen LogP contribution in [0, 0.1) is 0 Å². The van der Waals surface area contributed by atoms with Gasteiger partial charge in [-0.1, -0.05) is 61.5 Å². The largest absolute Gasteiger partial charge is 0.0744 e. The van der Waals surface area contributed by atoms with Crippen molar-refractivity contribution in [2.75, 3.05) is 0 Å². The molecule has 0 aromatic rings. The van der Waals surface area contributed by atoms with Crippen molar-refractivity contribution in [1.29, 1.82) is 0 Å². The van der Waals surface area contributed by atoms with Crippen LogP contribution in [0.15, 0.2) is 10.6 Å². The molecule has 0 amide bonds. The van der Waals surface area contributed by atoms with E-state index in [2.05, 4.69) is 35.9 Å². The number of hydrogen-bond donors (Lipinski definition) is 0. The van der Waals surface area contributed by atoms with Crippen molar-refractivity contribution in [3.05, 3.63) is 10.6 Å². The van der Waals surface area contributed by atoms with Gasteiger partial charge in [-0.2, -0.15) is 0 Å². The Balaban J connectivity index is 3.10. The van der Waals surface area contributed by atoms with Crippen LogP contribution < -0.4 is 0 Å². The first-order valence-corrected chi connectivity index (χ1v) is 5.95. The Morgan fingerprint density at radius 1 is 1.08 bits per heavy atom. The third-order valence-electron chi connectivity index (χ3n) is 2.01. The predicted molar refractivity (Wildman–Crippen MR) is 60.7 cm³/mol. The number of unbranched alkanes of at least 4 members (excludes halogenated alkanes) is 5. The molecule has 0 aromatic carbocycles. The lowest BCUT2D eigenvalue weighted by molar-refractivity contribution is 0.637. The smallest absolute Gasteiger partial charge is 0.00920 e. The van der Waals surface area contributed by atoms with Gasteiger partial charge >= 0.3 is 0 Å². The molecule has 0 saturated heterocycles. The van der Waals surface area contributed by atoms with E-state index in [0.717, 1.165) is 6.42 Å². The van der Waals surface area contributed by atoms with Crippen molar-refractivity contribution in [3.8, 4) is 0 Å². The molecule has 0 nitrogen and oxygen atoms in total. The molecule has 0 atom stereocenters. The first-order valence-electron chi connectivity index (χ1n) is 5.15. The van der Waals surface area contributed by atoms with Gasteiger partial charge in [0.25, 0.3) is 0 Å². The molecule has 72 valence electrons. The summed E-state index contributed by atoms with van der Waals surface area (Å²) in [6.07, 6.45) is 11.6. The molecule has 0 rings (SSSR count). The number of rotatable bonds is 7. The maximum atomic E-state index is 3.52. The summed E-state index contributed by atoms with van der Waals surface area (Å²) < 4.78 is 1.36. The highest BCUT2D eigenvalue weighted by atomic mass is 79.9. The topological polar surface area (TPSA) is 0 Å². The van der Waals surface area contributed by atoms with Gasteiger partial charge in [0.15, 0.2) is 0 Å². The molecule has 0 saturated carbocycles. The van der Waals surface area contributed by atoms with Gasteiger partial charge in [-0.05, 0) is 23.7 Å². The van der Waals surface area contributed by atoms with Gasteiger partial charge in [-0.3, -0.25) is 0 Å². The fourth-order valence-electron chi connectivity index (χ4n) is 1.15. The van der Waals surface area contributed by atoms with E-state index in [1.54, 1.807) is 0 Å². The van der Waals surface area contributed by atoms with Crippen LogP contribution in [-0.4, -0.2) is 0 Å². The van der Waals surface area contributed by atoms with Crippen LogP contribution in [0.3, 0.4) is 0 Å². The fourth-order valence-corrected chi connectivity index (χ4v) is 1.38. The Morgan fingerprint density at radius 3 is 2.33 bits per heavy atom. The molecule has 0 fully saturated rings. The Hall–Kier alpha value is 0.220. The molecule has 0 unspecified atom stereocenters. The number of allylic oxidation sites excluding steroid dienone is 2. The van der Waals surface area contributed by atoms with Gasteiger partial charge in [-0.15, -0.1) is 0 Å². The first-order chi connectivity index (χ1) is 5.81. The summed E-state index contributed by atoms with van der Waals surface area (Å²) in [6.45, 7) is 4.44. The maximum Gasteiger partial charge on any atom is -0.00920 e. The van der Waals surface area contributed by atoms with Crippen LogP contribution in [-0.2, 0) is 0 Å². The van der Waals surface area contributed by atoms with Gasteiger partial charge in [0.05, 0.1) is 0 Å². The van der Waals surface area contributed by atoms with E-state index in [-0.39, 0.29) is 0 Å². The van der Waals surface area contributed by atoms with Crippen molar-refractivity contribution in [1.82, 2.24) is 0 Å². The van der Waals surface area contributed by atoms with Crippen LogP contribution in [0.25, 0.3) is 0 Å². The molecule has 0 aromatic heterocycles. The van der Waals surface area contributed by atoms with Crippen molar-refractivity contribution in [2.24, 2.45) is 0 Å². The molecule has 0 bridgehead atoms. The van der Waals surface area contributed by atoms with Crippen LogP contribution in [0.1, 0.15) is 58.8 Å². The Bertz CT molecular complexity index is 116. The van der Waals surface area contributed by atoms with Crippen LogP contribution in [0.4, 0.5) is 0 Å². The summed E-state index contributed by atoms with van der Waals surface area (Å²) >= 11 is 3.52. The summed E-state index contributed by atoms with van der Waals surface area (Å²) in [4.78, 5) is 0. The highest BCUT2D eigenvalue weighted by Crippen LogP contribution is 2.12. The molecule has 0 N–H and O–H groups in total. The number of hydrogen-bond acceptors (Lipinski definition) is 0. The standard InChI is InChI=1S/C11H21Br/c1-3-5-6-7-8-9-10-11(12)4-2/h10H,3-9H2,1-2H3/b11-10-. The molecular formula is C11H21Br. The quantitative estimate of drug-likeness (QED) is 0.540. The lowest BCUT2D eigenvalue weighted by Gasteiger charge is -1.97. The highest BCUT2D eigenvalue weighted by molar-refractivity contribution is 9.11. The molecule has 0 aliphatic heterocycles. The van der Waals surface area contributed by atoms with Gasteiger partial charge in [-0.25, -0.2) is 0 Å². The predicted octanol–water partition coefficient (Wildman–Crippen LogP) is 5.04. The lowest BCUT2D eigenvalue weighted by atomic mass is 10.1. The second-order valence-electron chi connectivity index (χ2n) is 3.21. The minimum Gasteiger partial charge on any atom is -0.0744 e. The highest BCUT2D eigenvalue weighted by Gasteiger charge is 1.88. The third-order valence-corrected chi connectivity index (χ3v) is 2.90. The van der Waals surface area contributed by atoms with Gasteiger partial charge < -0.3 is 0 Å². The minimum atomic E-state index is 1.13. The van der Waals surface area contributed by atoms with Crippen LogP contribution in [0.2, 0.25) is 0 Å². The summed E-state index contributed by atoms with van der Waals surface area (Å²) in [5.74, 6) is 0. The second-order valence-corrected chi connectivity index (χ2v) is 4.23. The molecule has 0 aliphatic carbocycles. The van der Waals surface area contributed by atoms with E-state index >= 15 is 0 Å². The average molecular weight is 233 g/mol. The van der Waals surface area contributed by atoms with Crippen molar-refractivity contribution in [2.45, 2.75) is 58.8 Å². The van der Waals surface area contributed by atoms with E-state index in [9.17, 15) is 0 Å².